The second kappa shape index (κ2) is 4.03. The molecule has 2 heterocycles. The molecule has 1 fully saturated rings. The minimum Gasteiger partial charge on any atom is -0.444 e. The summed E-state index contributed by atoms with van der Waals surface area (Å²) in [5, 5.41) is 3.23. The van der Waals surface area contributed by atoms with Gasteiger partial charge in [0, 0.05) is 23.5 Å². The van der Waals surface area contributed by atoms with Crippen LogP contribution in [0.1, 0.15) is 11.6 Å². The van der Waals surface area contributed by atoms with Crippen LogP contribution in [-0.4, -0.2) is 18.1 Å². The van der Waals surface area contributed by atoms with E-state index >= 15 is 0 Å². The fourth-order valence-corrected chi connectivity index (χ4v) is 2.18. The molecule has 2 aromatic rings. The van der Waals surface area contributed by atoms with E-state index in [1.807, 2.05) is 24.3 Å². The molecule has 1 N–H and O–H groups in total. The first kappa shape index (κ1) is 10.1. The van der Waals surface area contributed by atoms with Crippen molar-refractivity contribution in [2.45, 2.75) is 5.92 Å². The molecule has 16 heavy (non-hydrogen) atoms. The number of oxazole rings is 1. The van der Waals surface area contributed by atoms with E-state index in [1.165, 1.54) is 0 Å². The summed E-state index contributed by atoms with van der Waals surface area (Å²) in [5.41, 5.74) is 2.05. The number of nitrogens with one attached hydrogen (secondary N) is 1. The number of halogens is 1. The Morgan fingerprint density at radius 1 is 1.31 bits per heavy atom. The first-order valence-corrected chi connectivity index (χ1v) is 6.05. The number of benzene rings is 1. The predicted molar refractivity (Wildman–Crippen MR) is 65.2 cm³/mol. The van der Waals surface area contributed by atoms with Crippen LogP contribution in [0.25, 0.3) is 11.5 Å². The normalized spacial score (nSPS) is 16.1. The van der Waals surface area contributed by atoms with Gasteiger partial charge in [0.05, 0.1) is 11.3 Å². The highest BCUT2D eigenvalue weighted by atomic mass is 79.9. The van der Waals surface area contributed by atoms with Crippen LogP contribution in [0.3, 0.4) is 0 Å². The van der Waals surface area contributed by atoms with Gasteiger partial charge >= 0.3 is 0 Å². The first-order valence-electron chi connectivity index (χ1n) is 5.25. The van der Waals surface area contributed by atoms with E-state index in [0.29, 0.717) is 11.8 Å². The molecule has 0 bridgehead atoms. The van der Waals surface area contributed by atoms with Gasteiger partial charge in [-0.25, -0.2) is 4.98 Å². The topological polar surface area (TPSA) is 38.1 Å². The zero-order valence-electron chi connectivity index (χ0n) is 8.61. The maximum Gasteiger partial charge on any atom is 0.227 e. The highest BCUT2D eigenvalue weighted by Crippen LogP contribution is 2.29. The molecule has 0 spiro atoms. The molecule has 0 saturated carbocycles. The van der Waals surface area contributed by atoms with Gasteiger partial charge in [-0.05, 0) is 28.1 Å². The molecular formula is C12H11BrN2O. The third kappa shape index (κ3) is 1.68. The lowest BCUT2D eigenvalue weighted by atomic mass is 10.0. The van der Waals surface area contributed by atoms with Gasteiger partial charge < -0.3 is 9.73 Å². The molecule has 82 valence electrons. The second-order valence-corrected chi connectivity index (χ2v) is 4.77. The van der Waals surface area contributed by atoms with Crippen LogP contribution in [-0.2, 0) is 0 Å². The predicted octanol–water partition coefficient (Wildman–Crippen LogP) is 2.79. The highest BCUT2D eigenvalue weighted by molar-refractivity contribution is 9.10. The van der Waals surface area contributed by atoms with Crippen molar-refractivity contribution in [3.63, 3.8) is 0 Å². The van der Waals surface area contributed by atoms with Crippen molar-refractivity contribution in [2.75, 3.05) is 13.1 Å². The van der Waals surface area contributed by atoms with Gasteiger partial charge in [0.15, 0.2) is 0 Å². The van der Waals surface area contributed by atoms with E-state index in [9.17, 15) is 0 Å². The van der Waals surface area contributed by atoms with E-state index < -0.39 is 0 Å². The third-order valence-corrected chi connectivity index (χ3v) is 3.52. The molecule has 0 atom stereocenters. The van der Waals surface area contributed by atoms with Crippen LogP contribution >= 0.6 is 15.9 Å². The highest BCUT2D eigenvalue weighted by Gasteiger charge is 2.22. The number of rotatable bonds is 2. The summed E-state index contributed by atoms with van der Waals surface area (Å²) in [6, 6.07) is 7.95. The van der Waals surface area contributed by atoms with Gasteiger partial charge in [0.2, 0.25) is 5.89 Å². The van der Waals surface area contributed by atoms with Crippen LogP contribution < -0.4 is 5.32 Å². The summed E-state index contributed by atoms with van der Waals surface area (Å²) in [6.07, 6.45) is 1.76. The molecule has 0 amide bonds. The average Bonchev–Trinajstić information content (AvgIpc) is 2.65. The summed E-state index contributed by atoms with van der Waals surface area (Å²) in [7, 11) is 0. The lowest BCUT2D eigenvalue weighted by molar-refractivity contribution is 0.438. The summed E-state index contributed by atoms with van der Waals surface area (Å²) in [5.74, 6) is 1.20. The lowest BCUT2D eigenvalue weighted by Crippen LogP contribution is -2.40. The smallest absolute Gasteiger partial charge is 0.227 e. The third-order valence-electron chi connectivity index (χ3n) is 2.83. The van der Waals surface area contributed by atoms with Crippen LogP contribution in [0.5, 0.6) is 0 Å². The lowest BCUT2D eigenvalue weighted by Gasteiger charge is -2.24. The van der Waals surface area contributed by atoms with Crippen molar-refractivity contribution >= 4 is 15.9 Å². The number of hydrogen-bond donors (Lipinski definition) is 1. The summed E-state index contributed by atoms with van der Waals surface area (Å²) in [6.45, 7) is 2.00. The fraction of sp³-hybridized carbons (Fsp3) is 0.250. The maximum absolute atomic E-state index is 5.52. The Morgan fingerprint density at radius 3 is 2.81 bits per heavy atom. The van der Waals surface area contributed by atoms with Crippen LogP contribution in [0.15, 0.2) is 39.4 Å². The van der Waals surface area contributed by atoms with E-state index in [-0.39, 0.29) is 0 Å². The molecule has 0 aliphatic carbocycles. The SMILES string of the molecule is Brc1ccccc1-c1nc(C2CNC2)co1. The van der Waals surface area contributed by atoms with Gasteiger partial charge in [0.25, 0.3) is 0 Å². The largest absolute Gasteiger partial charge is 0.444 e. The Bertz CT molecular complexity index is 505. The molecule has 3 rings (SSSR count). The van der Waals surface area contributed by atoms with E-state index in [0.717, 1.165) is 28.8 Å². The van der Waals surface area contributed by atoms with E-state index in [1.54, 1.807) is 6.26 Å². The van der Waals surface area contributed by atoms with Crippen LogP contribution in [0.4, 0.5) is 0 Å². The second-order valence-electron chi connectivity index (χ2n) is 3.91. The number of aromatic nitrogens is 1. The molecule has 1 aliphatic heterocycles. The van der Waals surface area contributed by atoms with Gasteiger partial charge in [-0.3, -0.25) is 0 Å². The number of nitrogens with zero attached hydrogens (tertiary/aromatic N) is 1. The Morgan fingerprint density at radius 2 is 2.12 bits per heavy atom. The van der Waals surface area contributed by atoms with E-state index in [2.05, 4.69) is 26.2 Å². The molecule has 3 nitrogen and oxygen atoms in total. The van der Waals surface area contributed by atoms with Crippen molar-refractivity contribution in [2.24, 2.45) is 0 Å². The quantitative estimate of drug-likeness (QED) is 0.918. The van der Waals surface area contributed by atoms with Crippen molar-refractivity contribution in [3.05, 3.63) is 40.7 Å². The van der Waals surface area contributed by atoms with Crippen LogP contribution in [0.2, 0.25) is 0 Å². The summed E-state index contributed by atoms with van der Waals surface area (Å²) >= 11 is 3.50. The zero-order chi connectivity index (χ0) is 11.0. The van der Waals surface area contributed by atoms with Gasteiger partial charge in [-0.1, -0.05) is 12.1 Å². The molecule has 0 unspecified atom stereocenters. The van der Waals surface area contributed by atoms with Crippen molar-refractivity contribution in [1.29, 1.82) is 0 Å². The maximum atomic E-state index is 5.52. The Balaban J connectivity index is 1.95. The molecule has 1 aromatic heterocycles. The van der Waals surface area contributed by atoms with Gasteiger partial charge in [0.1, 0.15) is 6.26 Å². The number of hydrogen-bond acceptors (Lipinski definition) is 3. The van der Waals surface area contributed by atoms with Crippen molar-refractivity contribution in [1.82, 2.24) is 10.3 Å². The first-order chi connectivity index (χ1) is 7.84. The molecule has 0 radical (unpaired) electrons. The van der Waals surface area contributed by atoms with Gasteiger partial charge in [-0.15, -0.1) is 0 Å². The Hall–Kier alpha value is -1.13. The fourth-order valence-electron chi connectivity index (χ4n) is 1.73. The standard InChI is InChI=1S/C12H11BrN2O/c13-10-4-2-1-3-9(10)12-15-11(7-16-12)8-5-14-6-8/h1-4,7-8,14H,5-6H2. The zero-order valence-corrected chi connectivity index (χ0v) is 10.2. The van der Waals surface area contributed by atoms with Crippen molar-refractivity contribution in [3.8, 4) is 11.5 Å². The molecule has 4 heteroatoms. The van der Waals surface area contributed by atoms with Gasteiger partial charge in [-0.2, -0.15) is 0 Å². The Labute approximate surface area is 102 Å². The molecule has 1 aromatic carbocycles. The molecule has 1 saturated heterocycles. The summed E-state index contributed by atoms with van der Waals surface area (Å²) in [4.78, 5) is 4.53. The monoisotopic (exact) mass is 278 g/mol. The average molecular weight is 279 g/mol. The Kier molecular flexibility index (Phi) is 2.53. The molecule has 1 aliphatic rings. The van der Waals surface area contributed by atoms with Crippen LogP contribution in [0, 0.1) is 0 Å². The van der Waals surface area contributed by atoms with Crippen molar-refractivity contribution < 1.29 is 4.42 Å². The summed E-state index contributed by atoms with van der Waals surface area (Å²) < 4.78 is 6.53. The van der Waals surface area contributed by atoms with E-state index in [4.69, 9.17) is 4.42 Å². The molecular weight excluding hydrogens is 268 g/mol. The minimum absolute atomic E-state index is 0.514. The minimum atomic E-state index is 0.514.